The van der Waals surface area contributed by atoms with Crippen molar-refractivity contribution < 1.29 is 4.39 Å². The molecule has 2 rings (SSSR count). The van der Waals surface area contributed by atoms with Gasteiger partial charge in [0.25, 0.3) is 0 Å². The molecule has 0 fully saturated rings. The van der Waals surface area contributed by atoms with Crippen molar-refractivity contribution >= 4 is 50.1 Å². The van der Waals surface area contributed by atoms with E-state index < -0.39 is 0 Å². The molecule has 0 bridgehead atoms. The molecule has 1 atom stereocenters. The molecule has 1 unspecified atom stereocenters. The van der Waals surface area contributed by atoms with Crippen LogP contribution in [0.4, 0.5) is 4.39 Å². The highest BCUT2D eigenvalue weighted by molar-refractivity contribution is 14.1. The van der Waals surface area contributed by atoms with E-state index >= 15 is 0 Å². The number of hydrogen-bond acceptors (Lipinski definition) is 1. The number of nitrogens with one attached hydrogen (secondary N) is 1. The fourth-order valence-electron chi connectivity index (χ4n) is 2.12. The average molecular weight is 483 g/mol. The van der Waals surface area contributed by atoms with Gasteiger partial charge in [0.15, 0.2) is 0 Å². The van der Waals surface area contributed by atoms with Crippen molar-refractivity contribution in [3.05, 3.63) is 66.4 Å². The minimum atomic E-state index is -0.377. The SMILES string of the molecule is CCCNC(c1ccc(I)cc1)c1ccc(Br)c(Cl)c1F. The summed E-state index contributed by atoms with van der Waals surface area (Å²) in [5.41, 5.74) is 1.60. The minimum absolute atomic E-state index is 0.126. The lowest BCUT2D eigenvalue weighted by molar-refractivity contribution is 0.546. The van der Waals surface area contributed by atoms with E-state index in [9.17, 15) is 4.39 Å². The van der Waals surface area contributed by atoms with Crippen LogP contribution in [0.1, 0.15) is 30.5 Å². The van der Waals surface area contributed by atoms with Crippen molar-refractivity contribution in [2.24, 2.45) is 0 Å². The van der Waals surface area contributed by atoms with Crippen molar-refractivity contribution in [3.8, 4) is 0 Å². The Morgan fingerprint density at radius 3 is 2.52 bits per heavy atom. The molecule has 0 aliphatic rings. The molecular formula is C16H15BrClFIN. The molecule has 0 amide bonds. The number of halogens is 4. The smallest absolute Gasteiger partial charge is 0.148 e. The Hall–Kier alpha value is -0.170. The molecule has 0 radical (unpaired) electrons. The first-order chi connectivity index (χ1) is 10.0. The van der Waals surface area contributed by atoms with Crippen LogP contribution in [0.3, 0.4) is 0 Å². The highest BCUT2D eigenvalue weighted by Crippen LogP contribution is 2.33. The van der Waals surface area contributed by atoms with E-state index in [0.717, 1.165) is 22.1 Å². The topological polar surface area (TPSA) is 12.0 Å². The van der Waals surface area contributed by atoms with E-state index in [1.165, 1.54) is 0 Å². The van der Waals surface area contributed by atoms with E-state index in [0.29, 0.717) is 10.0 Å². The summed E-state index contributed by atoms with van der Waals surface area (Å²) in [5.74, 6) is -0.377. The van der Waals surface area contributed by atoms with Crippen molar-refractivity contribution in [1.82, 2.24) is 5.32 Å². The highest BCUT2D eigenvalue weighted by Gasteiger charge is 2.20. The first kappa shape index (κ1) is 17.2. The van der Waals surface area contributed by atoms with E-state index in [1.807, 2.05) is 24.3 Å². The van der Waals surface area contributed by atoms with Gasteiger partial charge in [-0.1, -0.05) is 36.7 Å². The molecule has 0 saturated heterocycles. The van der Waals surface area contributed by atoms with Crippen molar-refractivity contribution in [1.29, 1.82) is 0 Å². The zero-order valence-corrected chi connectivity index (χ0v) is 16.0. The quantitative estimate of drug-likeness (QED) is 0.411. The van der Waals surface area contributed by atoms with E-state index in [1.54, 1.807) is 12.1 Å². The summed E-state index contributed by atoms with van der Waals surface area (Å²) in [4.78, 5) is 0. The van der Waals surface area contributed by atoms with Crippen LogP contribution in [-0.2, 0) is 0 Å². The van der Waals surface area contributed by atoms with Crippen LogP contribution in [-0.4, -0.2) is 6.54 Å². The molecule has 1 nitrogen and oxygen atoms in total. The molecule has 112 valence electrons. The third-order valence-electron chi connectivity index (χ3n) is 3.18. The van der Waals surface area contributed by atoms with Crippen LogP contribution in [0.25, 0.3) is 0 Å². The van der Waals surface area contributed by atoms with Gasteiger partial charge in [0.05, 0.1) is 11.1 Å². The fraction of sp³-hybridized carbons (Fsp3) is 0.250. The normalized spacial score (nSPS) is 12.4. The van der Waals surface area contributed by atoms with Gasteiger partial charge in [-0.2, -0.15) is 0 Å². The molecule has 2 aromatic carbocycles. The Morgan fingerprint density at radius 2 is 1.90 bits per heavy atom. The maximum Gasteiger partial charge on any atom is 0.148 e. The average Bonchev–Trinajstić information content (AvgIpc) is 2.48. The predicted molar refractivity (Wildman–Crippen MR) is 98.4 cm³/mol. The Balaban J connectivity index is 2.45. The highest BCUT2D eigenvalue weighted by atomic mass is 127. The van der Waals surface area contributed by atoms with Crippen LogP contribution >= 0.6 is 50.1 Å². The van der Waals surface area contributed by atoms with Gasteiger partial charge in [-0.15, -0.1) is 0 Å². The van der Waals surface area contributed by atoms with Crippen LogP contribution in [0.15, 0.2) is 40.9 Å². The summed E-state index contributed by atoms with van der Waals surface area (Å²) in [6, 6.07) is 11.4. The van der Waals surface area contributed by atoms with E-state index in [-0.39, 0.29) is 16.9 Å². The van der Waals surface area contributed by atoms with Crippen LogP contribution in [0.2, 0.25) is 5.02 Å². The molecule has 0 spiro atoms. The molecule has 0 aliphatic heterocycles. The Morgan fingerprint density at radius 1 is 1.24 bits per heavy atom. The standard InChI is InChI=1S/C16H15BrClFIN/c1-2-9-21-16(10-3-5-11(20)6-4-10)12-7-8-13(17)14(18)15(12)19/h3-8,16,21H,2,9H2,1H3. The Kier molecular flexibility index (Phi) is 6.47. The van der Waals surface area contributed by atoms with Gasteiger partial charge in [0.1, 0.15) is 5.82 Å². The van der Waals surface area contributed by atoms with Gasteiger partial charge in [-0.3, -0.25) is 0 Å². The second-order valence-corrected chi connectivity index (χ2v) is 7.18. The second kappa shape index (κ2) is 7.90. The lowest BCUT2D eigenvalue weighted by Gasteiger charge is -2.21. The summed E-state index contributed by atoms with van der Waals surface area (Å²) in [5, 5.41) is 3.52. The van der Waals surface area contributed by atoms with Crippen LogP contribution in [0.5, 0.6) is 0 Å². The zero-order chi connectivity index (χ0) is 15.4. The first-order valence-electron chi connectivity index (χ1n) is 6.66. The largest absolute Gasteiger partial charge is 0.306 e. The summed E-state index contributed by atoms with van der Waals surface area (Å²) in [6.07, 6.45) is 0.979. The molecule has 2 aromatic rings. The number of hydrogen-bond donors (Lipinski definition) is 1. The van der Waals surface area contributed by atoms with Crippen molar-refractivity contribution in [2.75, 3.05) is 6.54 Å². The summed E-state index contributed by atoms with van der Waals surface area (Å²) >= 11 is 11.5. The van der Waals surface area contributed by atoms with Gasteiger partial charge >= 0.3 is 0 Å². The second-order valence-electron chi connectivity index (χ2n) is 4.70. The summed E-state index contributed by atoms with van der Waals surface area (Å²) < 4.78 is 16.2. The number of benzene rings is 2. The summed E-state index contributed by atoms with van der Waals surface area (Å²) in [7, 11) is 0. The number of rotatable bonds is 5. The van der Waals surface area contributed by atoms with Crippen molar-refractivity contribution in [2.45, 2.75) is 19.4 Å². The van der Waals surface area contributed by atoms with Crippen LogP contribution in [0, 0.1) is 9.39 Å². The van der Waals surface area contributed by atoms with Crippen molar-refractivity contribution in [3.63, 3.8) is 0 Å². The lowest BCUT2D eigenvalue weighted by atomic mass is 9.98. The Bertz CT molecular complexity index is 618. The van der Waals surface area contributed by atoms with Gasteiger partial charge in [-0.05, 0) is 75.2 Å². The molecule has 0 aliphatic carbocycles. The molecule has 0 aromatic heterocycles. The third kappa shape index (κ3) is 4.18. The monoisotopic (exact) mass is 481 g/mol. The molecule has 5 heteroatoms. The van der Waals surface area contributed by atoms with E-state index in [4.69, 9.17) is 11.6 Å². The molecule has 1 N–H and O–H groups in total. The molecule has 0 heterocycles. The van der Waals surface area contributed by atoms with Gasteiger partial charge in [0, 0.05) is 13.6 Å². The molecule has 21 heavy (non-hydrogen) atoms. The van der Waals surface area contributed by atoms with Crippen LogP contribution < -0.4 is 5.32 Å². The summed E-state index contributed by atoms with van der Waals surface area (Å²) in [6.45, 7) is 2.90. The Labute approximate surface area is 151 Å². The lowest BCUT2D eigenvalue weighted by Crippen LogP contribution is -2.24. The van der Waals surface area contributed by atoms with Gasteiger partial charge in [-0.25, -0.2) is 4.39 Å². The van der Waals surface area contributed by atoms with E-state index in [2.05, 4.69) is 50.8 Å². The van der Waals surface area contributed by atoms with Gasteiger partial charge < -0.3 is 5.32 Å². The maximum absolute atomic E-state index is 14.5. The minimum Gasteiger partial charge on any atom is -0.306 e. The zero-order valence-electron chi connectivity index (χ0n) is 11.5. The maximum atomic E-state index is 14.5. The molecule has 0 saturated carbocycles. The fourth-order valence-corrected chi connectivity index (χ4v) is 2.95. The molecular weight excluding hydrogens is 467 g/mol. The first-order valence-corrected chi connectivity index (χ1v) is 8.91. The van der Waals surface area contributed by atoms with Gasteiger partial charge in [0.2, 0.25) is 0 Å². The predicted octanol–water partition coefficient (Wildman–Crippen LogP) is 5.94. The third-order valence-corrected chi connectivity index (χ3v) is 5.16.